The predicted octanol–water partition coefficient (Wildman–Crippen LogP) is 22.0. The van der Waals surface area contributed by atoms with Crippen molar-refractivity contribution < 1.29 is 24.5 Å². The molecule has 0 aliphatic carbocycles. The molecule has 0 aliphatic rings. The summed E-state index contributed by atoms with van der Waals surface area (Å²) in [5.74, 6) is -0.0220. The number of carbonyl (C=O) groups excluding carboxylic acids is 2. The number of allylic oxidation sites excluding steroid dienone is 2. The highest BCUT2D eigenvalue weighted by Crippen LogP contribution is 2.19. The second-order valence-electron chi connectivity index (χ2n) is 23.9. The van der Waals surface area contributed by atoms with Crippen LogP contribution in [0.1, 0.15) is 393 Å². The maximum absolute atomic E-state index is 12.5. The molecule has 0 rings (SSSR count). The van der Waals surface area contributed by atoms with Gasteiger partial charge >= 0.3 is 5.97 Å². The zero-order chi connectivity index (χ0) is 54.3. The van der Waals surface area contributed by atoms with E-state index in [1.54, 1.807) is 0 Å². The van der Waals surface area contributed by atoms with Gasteiger partial charge in [-0.3, -0.25) is 9.59 Å². The zero-order valence-electron chi connectivity index (χ0n) is 51.1. The van der Waals surface area contributed by atoms with Crippen LogP contribution in [-0.2, 0) is 14.3 Å². The minimum atomic E-state index is -0.664. The summed E-state index contributed by atoms with van der Waals surface area (Å²) in [4.78, 5) is 24.6. The van der Waals surface area contributed by atoms with E-state index < -0.39 is 12.1 Å². The van der Waals surface area contributed by atoms with Gasteiger partial charge in [-0.1, -0.05) is 341 Å². The Labute approximate surface area is 469 Å². The number of amides is 1. The third-order valence-electron chi connectivity index (χ3n) is 16.3. The smallest absolute Gasteiger partial charge is 0.305 e. The summed E-state index contributed by atoms with van der Waals surface area (Å²) >= 11 is 0. The molecular formula is C69H135NO5. The molecule has 6 nitrogen and oxygen atoms in total. The first-order chi connectivity index (χ1) is 37.0. The van der Waals surface area contributed by atoms with E-state index in [2.05, 4.69) is 31.3 Å². The number of carbonyl (C=O) groups is 2. The van der Waals surface area contributed by atoms with Crippen molar-refractivity contribution in [3.63, 3.8) is 0 Å². The van der Waals surface area contributed by atoms with Crippen molar-refractivity contribution in [3.8, 4) is 0 Å². The molecule has 0 radical (unpaired) electrons. The molecular weight excluding hydrogens is 923 g/mol. The van der Waals surface area contributed by atoms with Crippen molar-refractivity contribution in [2.45, 2.75) is 405 Å². The molecule has 446 valence electrons. The molecule has 0 aliphatic heterocycles. The third-order valence-corrected chi connectivity index (χ3v) is 16.3. The van der Waals surface area contributed by atoms with Gasteiger partial charge in [-0.05, 0) is 51.4 Å². The monoisotopic (exact) mass is 1060 g/mol. The molecule has 0 fully saturated rings. The van der Waals surface area contributed by atoms with Gasteiger partial charge in [-0.25, -0.2) is 0 Å². The van der Waals surface area contributed by atoms with Gasteiger partial charge in [-0.2, -0.15) is 0 Å². The van der Waals surface area contributed by atoms with Gasteiger partial charge in [0, 0.05) is 12.8 Å². The molecule has 0 heterocycles. The summed E-state index contributed by atoms with van der Waals surface area (Å²) in [6.45, 7) is 4.99. The van der Waals surface area contributed by atoms with Gasteiger partial charge in [0.25, 0.3) is 0 Å². The van der Waals surface area contributed by atoms with Crippen LogP contribution in [0.5, 0.6) is 0 Å². The summed E-state index contributed by atoms with van der Waals surface area (Å²) in [5, 5.41) is 23.4. The number of aliphatic hydroxyl groups is 2. The van der Waals surface area contributed by atoms with Crippen LogP contribution in [0.4, 0.5) is 0 Å². The van der Waals surface area contributed by atoms with E-state index in [9.17, 15) is 19.8 Å². The van der Waals surface area contributed by atoms with Crippen LogP contribution in [0, 0.1) is 0 Å². The molecule has 0 saturated carbocycles. The van der Waals surface area contributed by atoms with Crippen molar-refractivity contribution in [3.05, 3.63) is 12.2 Å². The van der Waals surface area contributed by atoms with Crippen LogP contribution in [-0.4, -0.2) is 47.4 Å². The average molecular weight is 1060 g/mol. The normalized spacial score (nSPS) is 12.5. The van der Waals surface area contributed by atoms with Crippen LogP contribution in [0.2, 0.25) is 0 Å². The van der Waals surface area contributed by atoms with Crippen LogP contribution in [0.25, 0.3) is 0 Å². The molecule has 0 aromatic rings. The Hall–Kier alpha value is -1.40. The highest BCUT2D eigenvalue weighted by molar-refractivity contribution is 5.76. The zero-order valence-corrected chi connectivity index (χ0v) is 51.1. The average Bonchev–Trinajstić information content (AvgIpc) is 3.41. The van der Waals surface area contributed by atoms with Crippen LogP contribution >= 0.6 is 0 Å². The molecule has 2 unspecified atom stereocenters. The summed E-state index contributed by atoms with van der Waals surface area (Å²) in [6.07, 6.45) is 79.6. The molecule has 0 spiro atoms. The first-order valence-electron chi connectivity index (χ1n) is 34.4. The number of aliphatic hydroxyl groups excluding tert-OH is 2. The Morgan fingerprint density at radius 1 is 0.360 bits per heavy atom. The Bertz CT molecular complexity index is 1130. The van der Waals surface area contributed by atoms with Gasteiger partial charge in [0.1, 0.15) is 0 Å². The highest BCUT2D eigenvalue weighted by Gasteiger charge is 2.20. The molecule has 3 N–H and O–H groups in total. The number of hydrogen-bond acceptors (Lipinski definition) is 5. The number of ether oxygens (including phenoxy) is 1. The van der Waals surface area contributed by atoms with Crippen LogP contribution in [0.3, 0.4) is 0 Å². The molecule has 0 saturated heterocycles. The topological polar surface area (TPSA) is 95.9 Å². The Kier molecular flexibility index (Phi) is 63.9. The first kappa shape index (κ1) is 73.6. The fourth-order valence-electron chi connectivity index (χ4n) is 11.1. The Balaban J connectivity index is 3.36. The van der Waals surface area contributed by atoms with Crippen molar-refractivity contribution in [1.82, 2.24) is 5.32 Å². The quantitative estimate of drug-likeness (QED) is 0.0320. The lowest BCUT2D eigenvalue weighted by molar-refractivity contribution is -0.143. The number of hydrogen-bond donors (Lipinski definition) is 3. The van der Waals surface area contributed by atoms with Crippen molar-refractivity contribution in [1.29, 1.82) is 0 Å². The van der Waals surface area contributed by atoms with E-state index in [1.165, 1.54) is 315 Å². The molecule has 0 aromatic carbocycles. The van der Waals surface area contributed by atoms with Crippen molar-refractivity contribution >= 4 is 11.9 Å². The van der Waals surface area contributed by atoms with Crippen LogP contribution in [0.15, 0.2) is 12.2 Å². The number of nitrogens with one attached hydrogen (secondary N) is 1. The Morgan fingerprint density at radius 2 is 0.627 bits per heavy atom. The molecule has 0 bridgehead atoms. The second kappa shape index (κ2) is 65.1. The standard InChI is InChI=1S/C69H135NO5/c1-3-5-7-9-11-13-15-17-19-21-27-30-33-37-41-45-49-53-57-61-67(72)66(65-71)70-68(73)62-58-54-50-46-42-38-34-31-28-25-23-22-24-26-29-32-36-40-44-48-52-56-60-64-75-69(74)63-59-55-51-47-43-39-35-20-18-16-14-12-10-8-6-4-2/h20,35,66-67,71-72H,3-19,21-34,36-65H2,1-2H3,(H,70,73)/b35-20-. The van der Waals surface area contributed by atoms with Gasteiger partial charge < -0.3 is 20.3 Å². The van der Waals surface area contributed by atoms with Gasteiger partial charge in [0.15, 0.2) is 0 Å². The van der Waals surface area contributed by atoms with E-state index >= 15 is 0 Å². The van der Waals surface area contributed by atoms with E-state index in [-0.39, 0.29) is 18.5 Å². The fourth-order valence-corrected chi connectivity index (χ4v) is 11.1. The summed E-state index contributed by atoms with van der Waals surface area (Å²) < 4.78 is 5.49. The maximum atomic E-state index is 12.5. The highest BCUT2D eigenvalue weighted by atomic mass is 16.5. The summed E-state index contributed by atoms with van der Waals surface area (Å²) in [6, 6.07) is -0.541. The van der Waals surface area contributed by atoms with Gasteiger partial charge in [-0.15, -0.1) is 0 Å². The maximum Gasteiger partial charge on any atom is 0.305 e. The molecule has 2 atom stereocenters. The second-order valence-corrected chi connectivity index (χ2v) is 23.9. The minimum absolute atomic E-state index is 0.00817. The fraction of sp³-hybridized carbons (Fsp3) is 0.942. The Morgan fingerprint density at radius 3 is 0.947 bits per heavy atom. The van der Waals surface area contributed by atoms with Crippen LogP contribution < -0.4 is 5.32 Å². The van der Waals surface area contributed by atoms with Gasteiger partial charge in [0.2, 0.25) is 5.91 Å². The molecule has 0 aromatic heterocycles. The molecule has 6 heteroatoms. The lowest BCUT2D eigenvalue weighted by atomic mass is 10.0. The van der Waals surface area contributed by atoms with Gasteiger partial charge in [0.05, 0.1) is 25.4 Å². The first-order valence-corrected chi connectivity index (χ1v) is 34.4. The van der Waals surface area contributed by atoms with E-state index in [0.29, 0.717) is 25.9 Å². The SMILES string of the molecule is CCCCCCCCC/C=C\CCCCCCCC(=O)OCCCCCCCCCCCCCCCCCCCCCCCCCC(=O)NC(CO)C(O)CCCCCCCCCCCCCCCCCCCCC. The lowest BCUT2D eigenvalue weighted by Crippen LogP contribution is -2.45. The third kappa shape index (κ3) is 61.7. The van der Waals surface area contributed by atoms with Crippen molar-refractivity contribution in [2.75, 3.05) is 13.2 Å². The van der Waals surface area contributed by atoms with Crippen molar-refractivity contribution in [2.24, 2.45) is 0 Å². The van der Waals surface area contributed by atoms with E-state index in [4.69, 9.17) is 4.74 Å². The summed E-state index contributed by atoms with van der Waals surface area (Å²) in [7, 11) is 0. The number of esters is 1. The lowest BCUT2D eigenvalue weighted by Gasteiger charge is -2.22. The predicted molar refractivity (Wildman–Crippen MR) is 329 cm³/mol. The molecule has 75 heavy (non-hydrogen) atoms. The molecule has 1 amide bonds. The van der Waals surface area contributed by atoms with E-state index in [1.807, 2.05) is 0 Å². The largest absolute Gasteiger partial charge is 0.466 e. The number of unbranched alkanes of at least 4 members (excludes halogenated alkanes) is 52. The van der Waals surface area contributed by atoms with E-state index in [0.717, 1.165) is 44.9 Å². The summed E-state index contributed by atoms with van der Waals surface area (Å²) in [5.41, 5.74) is 0. The minimum Gasteiger partial charge on any atom is -0.466 e. The number of rotatable bonds is 65.